The summed E-state index contributed by atoms with van der Waals surface area (Å²) in [5.74, 6) is 0.542. The van der Waals surface area contributed by atoms with E-state index in [0.29, 0.717) is 16.5 Å². The van der Waals surface area contributed by atoms with E-state index < -0.39 is 0 Å². The molecule has 0 radical (unpaired) electrons. The molecule has 0 bridgehead atoms. The van der Waals surface area contributed by atoms with Gasteiger partial charge < -0.3 is 10.6 Å². The molecule has 0 aliphatic rings. The van der Waals surface area contributed by atoms with Crippen molar-refractivity contribution < 1.29 is 4.79 Å². The maximum absolute atomic E-state index is 12.6. The number of hydrogen-bond acceptors (Lipinski definition) is 4. The van der Waals surface area contributed by atoms with Crippen LogP contribution in [0.4, 0.5) is 5.69 Å². The molecular weight excluding hydrogens is 270 g/mol. The number of nitrogen functional groups attached to an aromatic ring is 1. The van der Waals surface area contributed by atoms with Crippen molar-refractivity contribution >= 4 is 33.1 Å². The molecular formula is C15H21N3OS. The third kappa shape index (κ3) is 2.77. The quantitative estimate of drug-likeness (QED) is 0.939. The van der Waals surface area contributed by atoms with Gasteiger partial charge in [0.15, 0.2) is 0 Å². The average Bonchev–Trinajstić information content (AvgIpc) is 2.74. The van der Waals surface area contributed by atoms with Crippen molar-refractivity contribution in [2.24, 2.45) is 5.92 Å². The number of aromatic nitrogens is 1. The first kappa shape index (κ1) is 14.8. The molecule has 0 saturated heterocycles. The van der Waals surface area contributed by atoms with Crippen LogP contribution in [0.25, 0.3) is 10.2 Å². The number of carbonyl (C=O) groups excluding carboxylic acids is 1. The molecule has 2 aromatic heterocycles. The number of thiophene rings is 1. The summed E-state index contributed by atoms with van der Waals surface area (Å²) in [5.41, 5.74) is 7.31. The molecule has 0 fully saturated rings. The third-order valence-corrected chi connectivity index (χ3v) is 4.62. The lowest BCUT2D eigenvalue weighted by Gasteiger charge is -2.26. The predicted octanol–water partition coefficient (Wildman–Crippen LogP) is 3.39. The van der Waals surface area contributed by atoms with Crippen molar-refractivity contribution in [1.29, 1.82) is 0 Å². The second-order valence-electron chi connectivity index (χ2n) is 5.59. The summed E-state index contributed by atoms with van der Waals surface area (Å²) in [7, 11) is 1.84. The van der Waals surface area contributed by atoms with E-state index in [1.165, 1.54) is 11.3 Å². The third-order valence-electron chi connectivity index (χ3n) is 3.47. The van der Waals surface area contributed by atoms with Crippen LogP contribution in [-0.4, -0.2) is 28.9 Å². The van der Waals surface area contributed by atoms with E-state index >= 15 is 0 Å². The topological polar surface area (TPSA) is 59.2 Å². The number of anilines is 1. The summed E-state index contributed by atoms with van der Waals surface area (Å²) in [6.45, 7) is 6.39. The Kier molecular flexibility index (Phi) is 4.28. The zero-order chi connectivity index (χ0) is 14.9. The van der Waals surface area contributed by atoms with Crippen LogP contribution in [0.5, 0.6) is 0 Å². The van der Waals surface area contributed by atoms with E-state index in [4.69, 9.17) is 5.73 Å². The summed E-state index contributed by atoms with van der Waals surface area (Å²) >= 11 is 1.42. The van der Waals surface area contributed by atoms with E-state index in [0.717, 1.165) is 16.6 Å². The molecule has 108 valence electrons. The Balaban J connectivity index is 2.29. The molecule has 5 heteroatoms. The van der Waals surface area contributed by atoms with Gasteiger partial charge in [-0.3, -0.25) is 9.78 Å². The van der Waals surface area contributed by atoms with Gasteiger partial charge in [0, 0.05) is 19.3 Å². The van der Waals surface area contributed by atoms with Crippen molar-refractivity contribution in [3.05, 3.63) is 23.2 Å². The first-order valence-corrected chi connectivity index (χ1v) is 7.63. The number of nitrogens with two attached hydrogens (primary N) is 1. The molecule has 0 spiro atoms. The van der Waals surface area contributed by atoms with Crippen LogP contribution in [0.1, 0.15) is 36.9 Å². The minimum absolute atomic E-state index is 0.0151. The Labute approximate surface area is 123 Å². The zero-order valence-corrected chi connectivity index (χ0v) is 13.2. The number of rotatable bonds is 4. The lowest BCUT2D eigenvalue weighted by atomic mass is 10.0. The molecule has 1 amide bonds. The van der Waals surface area contributed by atoms with Crippen molar-refractivity contribution in [3.63, 3.8) is 0 Å². The molecule has 2 rings (SSSR count). The molecule has 2 N–H and O–H groups in total. The summed E-state index contributed by atoms with van der Waals surface area (Å²) in [4.78, 5) is 19.2. The number of fused-ring (bicyclic) bond motifs is 1. The summed E-state index contributed by atoms with van der Waals surface area (Å²) in [5, 5.41) is 0. The second-order valence-corrected chi connectivity index (χ2v) is 6.64. The van der Waals surface area contributed by atoms with E-state index in [1.807, 2.05) is 19.2 Å². The lowest BCUT2D eigenvalue weighted by molar-refractivity contribution is 0.0734. The van der Waals surface area contributed by atoms with Gasteiger partial charge in [-0.25, -0.2) is 0 Å². The van der Waals surface area contributed by atoms with Crippen LogP contribution in [0.2, 0.25) is 0 Å². The van der Waals surface area contributed by atoms with Crippen molar-refractivity contribution in [2.75, 3.05) is 12.8 Å². The highest BCUT2D eigenvalue weighted by Gasteiger charge is 2.23. The van der Waals surface area contributed by atoms with Gasteiger partial charge in [-0.2, -0.15) is 0 Å². The molecule has 2 aromatic rings. The number of nitrogens with zero attached hydrogens (tertiary/aromatic N) is 2. The van der Waals surface area contributed by atoms with Crippen LogP contribution in [-0.2, 0) is 0 Å². The minimum atomic E-state index is -0.0151. The first-order chi connectivity index (χ1) is 9.41. The molecule has 4 nitrogen and oxygen atoms in total. The van der Waals surface area contributed by atoms with Gasteiger partial charge >= 0.3 is 0 Å². The van der Waals surface area contributed by atoms with Gasteiger partial charge in [-0.05, 0) is 31.4 Å². The molecule has 0 aliphatic heterocycles. The Morgan fingerprint density at radius 2 is 2.15 bits per heavy atom. The maximum atomic E-state index is 12.6. The molecule has 20 heavy (non-hydrogen) atoms. The summed E-state index contributed by atoms with van der Waals surface area (Å²) in [6, 6.07) is 4.00. The van der Waals surface area contributed by atoms with Gasteiger partial charge in [0.2, 0.25) is 0 Å². The Hall–Kier alpha value is -1.62. The monoisotopic (exact) mass is 291 g/mol. The number of amides is 1. The van der Waals surface area contributed by atoms with Crippen molar-refractivity contribution in [1.82, 2.24) is 9.88 Å². The van der Waals surface area contributed by atoms with E-state index in [1.54, 1.807) is 11.1 Å². The molecule has 2 heterocycles. The molecule has 0 aromatic carbocycles. The molecule has 0 aliphatic carbocycles. The Morgan fingerprint density at radius 1 is 1.45 bits per heavy atom. The lowest BCUT2D eigenvalue weighted by Crippen LogP contribution is -2.35. The SMILES string of the molecule is CC(C)CC(C)N(C)C(=O)c1sc2cccnc2c1N. The zero-order valence-electron chi connectivity index (χ0n) is 12.4. The van der Waals surface area contributed by atoms with Crippen LogP contribution in [0.15, 0.2) is 18.3 Å². The van der Waals surface area contributed by atoms with Crippen LogP contribution < -0.4 is 5.73 Å². The number of hydrogen-bond donors (Lipinski definition) is 1. The van der Waals surface area contributed by atoms with Gasteiger partial charge in [0.25, 0.3) is 5.91 Å². The normalized spacial score (nSPS) is 12.8. The smallest absolute Gasteiger partial charge is 0.266 e. The number of carbonyl (C=O) groups is 1. The second kappa shape index (κ2) is 5.79. The molecule has 1 atom stereocenters. The predicted molar refractivity (Wildman–Crippen MR) is 85.0 cm³/mol. The fourth-order valence-corrected chi connectivity index (χ4v) is 3.37. The summed E-state index contributed by atoms with van der Waals surface area (Å²) in [6.07, 6.45) is 2.68. The molecule has 1 unspecified atom stereocenters. The highest BCUT2D eigenvalue weighted by atomic mass is 32.1. The first-order valence-electron chi connectivity index (χ1n) is 6.82. The van der Waals surface area contributed by atoms with Crippen molar-refractivity contribution in [3.8, 4) is 0 Å². The minimum Gasteiger partial charge on any atom is -0.396 e. The van der Waals surface area contributed by atoms with E-state index in [9.17, 15) is 4.79 Å². The fourth-order valence-electron chi connectivity index (χ4n) is 2.31. The number of pyridine rings is 1. The fraction of sp³-hybridized carbons (Fsp3) is 0.467. The van der Waals surface area contributed by atoms with Crippen LogP contribution >= 0.6 is 11.3 Å². The Morgan fingerprint density at radius 3 is 2.75 bits per heavy atom. The van der Waals surface area contributed by atoms with Gasteiger partial charge in [-0.1, -0.05) is 13.8 Å². The average molecular weight is 291 g/mol. The largest absolute Gasteiger partial charge is 0.396 e. The summed E-state index contributed by atoms with van der Waals surface area (Å²) < 4.78 is 0.957. The van der Waals surface area contributed by atoms with Crippen LogP contribution in [0.3, 0.4) is 0 Å². The van der Waals surface area contributed by atoms with Crippen LogP contribution in [0, 0.1) is 5.92 Å². The Bertz CT molecular complexity index is 621. The highest BCUT2D eigenvalue weighted by molar-refractivity contribution is 7.21. The maximum Gasteiger partial charge on any atom is 0.266 e. The van der Waals surface area contributed by atoms with Gasteiger partial charge in [-0.15, -0.1) is 11.3 Å². The standard InChI is InChI=1S/C15H21N3OS/c1-9(2)8-10(3)18(4)15(19)14-12(16)13-11(20-14)6-5-7-17-13/h5-7,9-10H,8,16H2,1-4H3. The van der Waals surface area contributed by atoms with E-state index in [2.05, 4.69) is 25.8 Å². The highest BCUT2D eigenvalue weighted by Crippen LogP contribution is 2.33. The van der Waals surface area contributed by atoms with Crippen molar-refractivity contribution in [2.45, 2.75) is 33.2 Å². The molecule has 0 saturated carbocycles. The van der Waals surface area contributed by atoms with Gasteiger partial charge in [0.1, 0.15) is 10.4 Å². The van der Waals surface area contributed by atoms with Gasteiger partial charge in [0.05, 0.1) is 10.4 Å². The van der Waals surface area contributed by atoms with E-state index in [-0.39, 0.29) is 11.9 Å².